The Balaban J connectivity index is 1.22. The molecule has 6 heterocycles. The lowest BCUT2D eigenvalue weighted by Crippen LogP contribution is -2.50. The molecule has 0 radical (unpaired) electrons. The third-order valence-electron chi connectivity index (χ3n) is 8.31. The molecular formula is C27H33N9O. The smallest absolute Gasteiger partial charge is 0.261 e. The van der Waals surface area contributed by atoms with E-state index in [9.17, 15) is 4.79 Å². The summed E-state index contributed by atoms with van der Waals surface area (Å²) in [6.07, 6.45) is 13.0. The highest BCUT2D eigenvalue weighted by Crippen LogP contribution is 2.35. The van der Waals surface area contributed by atoms with Crippen LogP contribution in [0.2, 0.25) is 0 Å². The summed E-state index contributed by atoms with van der Waals surface area (Å²) >= 11 is 0. The van der Waals surface area contributed by atoms with Crippen molar-refractivity contribution in [3.8, 4) is 0 Å². The van der Waals surface area contributed by atoms with Gasteiger partial charge in [-0.15, -0.1) is 0 Å². The summed E-state index contributed by atoms with van der Waals surface area (Å²) in [5.74, 6) is -0.199. The monoisotopic (exact) mass is 499 g/mol. The second-order valence-electron chi connectivity index (χ2n) is 10.5. The summed E-state index contributed by atoms with van der Waals surface area (Å²) in [5.41, 5.74) is 3.86. The molecule has 0 saturated carbocycles. The number of carbonyl (C=O) groups excluding carboxylic acids is 1. The van der Waals surface area contributed by atoms with E-state index in [1.807, 2.05) is 0 Å². The number of amides is 1. The van der Waals surface area contributed by atoms with Gasteiger partial charge in [-0.3, -0.25) is 9.48 Å². The van der Waals surface area contributed by atoms with Gasteiger partial charge in [-0.05, 0) is 76.5 Å². The van der Waals surface area contributed by atoms with E-state index in [0.717, 1.165) is 74.1 Å². The first-order valence-electron chi connectivity index (χ1n) is 13.6. The summed E-state index contributed by atoms with van der Waals surface area (Å²) < 4.78 is 3.76. The lowest BCUT2D eigenvalue weighted by Gasteiger charge is -2.43. The minimum absolute atomic E-state index is 0.199. The molecule has 0 aliphatic carbocycles. The van der Waals surface area contributed by atoms with Crippen molar-refractivity contribution >= 4 is 33.8 Å². The van der Waals surface area contributed by atoms with Crippen molar-refractivity contribution in [1.29, 1.82) is 0 Å². The molecule has 3 aliphatic heterocycles. The summed E-state index contributed by atoms with van der Waals surface area (Å²) in [5, 5.41) is 17.0. The molecule has 10 nitrogen and oxygen atoms in total. The standard InChI is InChI=1S/C27H33N9O/c37-27(22-17-30-35-12-1-7-29-26(22)35)31-24-15-19-18-36(21-3-8-28-9-4-21)32-23(19)16-25(24)34-13-5-20(6-14-34)33-10-2-11-33/h1,7,12,15-18,20-21,28H,2-6,8-11,13-14H2,(H,31,37). The molecule has 192 valence electrons. The molecule has 3 saturated heterocycles. The van der Waals surface area contributed by atoms with Crippen molar-refractivity contribution in [3.05, 3.63) is 48.5 Å². The minimum Gasteiger partial charge on any atom is -0.370 e. The van der Waals surface area contributed by atoms with Crippen LogP contribution >= 0.6 is 0 Å². The van der Waals surface area contributed by atoms with E-state index < -0.39 is 0 Å². The molecule has 37 heavy (non-hydrogen) atoms. The van der Waals surface area contributed by atoms with Crippen LogP contribution in [0.1, 0.15) is 48.5 Å². The number of nitrogens with zero attached hydrogens (tertiary/aromatic N) is 7. The zero-order chi connectivity index (χ0) is 24.8. The highest BCUT2D eigenvalue weighted by molar-refractivity contribution is 6.10. The van der Waals surface area contributed by atoms with E-state index in [4.69, 9.17) is 5.10 Å². The van der Waals surface area contributed by atoms with Gasteiger partial charge in [0.05, 0.1) is 29.1 Å². The maximum Gasteiger partial charge on any atom is 0.261 e. The topological polar surface area (TPSA) is 95.6 Å². The molecule has 3 fully saturated rings. The SMILES string of the molecule is O=C(Nc1cc2cn(C3CCNCC3)nc2cc1N1CCC(N2CCC2)CC1)c1cnn2cccnc12. The number of hydrogen-bond acceptors (Lipinski definition) is 7. The molecule has 7 rings (SSSR count). The molecule has 0 atom stereocenters. The van der Waals surface area contributed by atoms with E-state index in [1.165, 1.54) is 19.5 Å². The number of rotatable bonds is 5. The van der Waals surface area contributed by atoms with Crippen molar-refractivity contribution in [2.24, 2.45) is 0 Å². The second kappa shape index (κ2) is 9.42. The zero-order valence-electron chi connectivity index (χ0n) is 21.0. The van der Waals surface area contributed by atoms with Crippen molar-refractivity contribution in [3.63, 3.8) is 0 Å². The molecular weight excluding hydrogens is 466 g/mol. The van der Waals surface area contributed by atoms with Gasteiger partial charge in [0.1, 0.15) is 5.56 Å². The highest BCUT2D eigenvalue weighted by Gasteiger charge is 2.29. The van der Waals surface area contributed by atoms with Crippen LogP contribution in [0, 0.1) is 0 Å². The Bertz CT molecular complexity index is 1420. The van der Waals surface area contributed by atoms with Gasteiger partial charge >= 0.3 is 0 Å². The Morgan fingerprint density at radius 1 is 1.03 bits per heavy atom. The van der Waals surface area contributed by atoms with Gasteiger partial charge in [0.25, 0.3) is 5.91 Å². The van der Waals surface area contributed by atoms with Crippen LogP contribution in [0.3, 0.4) is 0 Å². The third kappa shape index (κ3) is 4.23. The van der Waals surface area contributed by atoms with Crippen LogP contribution in [0.5, 0.6) is 0 Å². The predicted molar refractivity (Wildman–Crippen MR) is 143 cm³/mol. The normalized spacial score (nSPS) is 19.9. The number of aromatic nitrogens is 5. The molecule has 0 unspecified atom stereocenters. The molecule has 0 bridgehead atoms. The fraction of sp³-hybridized carbons (Fsp3) is 0.481. The molecule has 3 aliphatic rings. The highest BCUT2D eigenvalue weighted by atomic mass is 16.1. The molecule has 1 aromatic carbocycles. The van der Waals surface area contributed by atoms with E-state index in [-0.39, 0.29) is 5.91 Å². The summed E-state index contributed by atoms with van der Waals surface area (Å²) in [6, 6.07) is 7.15. The van der Waals surface area contributed by atoms with Gasteiger partial charge in [0, 0.05) is 43.1 Å². The minimum atomic E-state index is -0.199. The van der Waals surface area contributed by atoms with Gasteiger partial charge in [0.2, 0.25) is 0 Å². The van der Waals surface area contributed by atoms with Crippen LogP contribution in [0.15, 0.2) is 43.0 Å². The lowest BCUT2D eigenvalue weighted by atomic mass is 9.99. The van der Waals surface area contributed by atoms with Crippen LogP contribution in [0.4, 0.5) is 11.4 Å². The van der Waals surface area contributed by atoms with Crippen molar-refractivity contribution in [1.82, 2.24) is 34.6 Å². The number of hydrogen-bond donors (Lipinski definition) is 2. The van der Waals surface area contributed by atoms with Gasteiger partial charge in [-0.2, -0.15) is 10.2 Å². The first-order chi connectivity index (χ1) is 18.2. The zero-order valence-corrected chi connectivity index (χ0v) is 21.0. The van der Waals surface area contributed by atoms with Crippen LogP contribution in [-0.2, 0) is 0 Å². The molecule has 4 aromatic rings. The van der Waals surface area contributed by atoms with E-state index in [0.29, 0.717) is 23.3 Å². The van der Waals surface area contributed by atoms with Gasteiger partial charge < -0.3 is 20.4 Å². The molecule has 3 aromatic heterocycles. The van der Waals surface area contributed by atoms with E-state index in [2.05, 4.69) is 53.5 Å². The second-order valence-corrected chi connectivity index (χ2v) is 10.5. The number of nitrogens with one attached hydrogen (secondary N) is 2. The average Bonchev–Trinajstić information content (AvgIpc) is 3.52. The van der Waals surface area contributed by atoms with Crippen molar-refractivity contribution in [2.75, 3.05) is 49.5 Å². The first kappa shape index (κ1) is 22.7. The van der Waals surface area contributed by atoms with E-state index in [1.54, 1.807) is 29.2 Å². The number of benzene rings is 1. The number of carbonyl (C=O) groups is 1. The van der Waals surface area contributed by atoms with Crippen molar-refractivity contribution < 1.29 is 4.79 Å². The predicted octanol–water partition coefficient (Wildman–Crippen LogP) is 2.93. The van der Waals surface area contributed by atoms with Crippen LogP contribution in [-0.4, -0.2) is 80.5 Å². The van der Waals surface area contributed by atoms with Gasteiger partial charge in [0.15, 0.2) is 5.65 Å². The number of fused-ring (bicyclic) bond motifs is 2. The third-order valence-corrected chi connectivity index (χ3v) is 8.31. The van der Waals surface area contributed by atoms with Gasteiger partial charge in [-0.1, -0.05) is 0 Å². The number of likely N-dealkylation sites (tertiary alicyclic amines) is 1. The molecule has 0 spiro atoms. The Morgan fingerprint density at radius 2 is 1.86 bits per heavy atom. The summed E-state index contributed by atoms with van der Waals surface area (Å²) in [6.45, 7) is 6.46. The fourth-order valence-corrected chi connectivity index (χ4v) is 6.05. The first-order valence-corrected chi connectivity index (χ1v) is 13.6. The lowest BCUT2D eigenvalue weighted by molar-refractivity contribution is 0.100. The van der Waals surface area contributed by atoms with Crippen LogP contribution < -0.4 is 15.5 Å². The largest absolute Gasteiger partial charge is 0.370 e. The van der Waals surface area contributed by atoms with Crippen LogP contribution in [0.25, 0.3) is 16.6 Å². The molecule has 1 amide bonds. The number of anilines is 2. The quantitative estimate of drug-likeness (QED) is 0.436. The molecule has 10 heteroatoms. The summed E-state index contributed by atoms with van der Waals surface area (Å²) in [4.78, 5) is 22.8. The average molecular weight is 500 g/mol. The summed E-state index contributed by atoms with van der Waals surface area (Å²) in [7, 11) is 0. The molecule has 2 N–H and O–H groups in total. The maximum absolute atomic E-state index is 13.4. The van der Waals surface area contributed by atoms with Crippen molar-refractivity contribution in [2.45, 2.75) is 44.2 Å². The Morgan fingerprint density at radius 3 is 2.65 bits per heavy atom. The Hall–Kier alpha value is -3.50. The Labute approximate surface area is 215 Å². The van der Waals surface area contributed by atoms with Gasteiger partial charge in [-0.25, -0.2) is 9.50 Å². The fourth-order valence-electron chi connectivity index (χ4n) is 6.05. The maximum atomic E-state index is 13.4. The Kier molecular flexibility index (Phi) is 5.78. The number of piperidine rings is 2. The van der Waals surface area contributed by atoms with E-state index >= 15 is 0 Å².